The molecule has 0 N–H and O–H groups in total. The summed E-state index contributed by atoms with van der Waals surface area (Å²) >= 11 is 0. The molecule has 0 saturated heterocycles. The van der Waals surface area contributed by atoms with Crippen molar-refractivity contribution in [2.75, 3.05) is 4.90 Å². The number of benzene rings is 10. The lowest BCUT2D eigenvalue weighted by Gasteiger charge is -2.36. The van der Waals surface area contributed by atoms with Gasteiger partial charge in [-0.2, -0.15) is 0 Å². The molecule has 2 aliphatic rings. The SMILES string of the molecule is C=CC1=C(/C=C\C)C(c2ccccc2)(c2ccc(N(c3cc(-c4ccccc4)cc(-c4ccccc4)c3)c3ccc4c(c3)C(c3ccccc3)(c3ccccc3)c3ccccc3-4)cc2)c2ccccc21. The van der Waals surface area contributed by atoms with Crippen molar-refractivity contribution >= 4 is 22.6 Å². The van der Waals surface area contributed by atoms with Crippen LogP contribution in [0.4, 0.5) is 17.1 Å². The van der Waals surface area contributed by atoms with Crippen LogP contribution < -0.4 is 4.90 Å². The van der Waals surface area contributed by atoms with Crippen LogP contribution in [-0.2, 0) is 10.8 Å². The fourth-order valence-electron chi connectivity index (χ4n) is 11.8. The monoisotopic (exact) mass is 893 g/mol. The van der Waals surface area contributed by atoms with E-state index in [2.05, 4.69) is 291 Å². The van der Waals surface area contributed by atoms with E-state index in [1.807, 2.05) is 6.08 Å². The van der Waals surface area contributed by atoms with Crippen molar-refractivity contribution in [2.45, 2.75) is 17.8 Å². The Morgan fingerprint density at radius 2 is 0.771 bits per heavy atom. The van der Waals surface area contributed by atoms with E-state index in [-0.39, 0.29) is 0 Å². The first-order valence-electron chi connectivity index (χ1n) is 24.3. The molecule has 12 rings (SSSR count). The Bertz CT molecular complexity index is 3490. The van der Waals surface area contributed by atoms with Gasteiger partial charge in [-0.1, -0.05) is 243 Å². The molecule has 0 aliphatic heterocycles. The molecule has 0 bridgehead atoms. The third-order valence-corrected chi connectivity index (χ3v) is 14.7. The predicted molar refractivity (Wildman–Crippen MR) is 294 cm³/mol. The largest absolute Gasteiger partial charge is 0.310 e. The van der Waals surface area contributed by atoms with Crippen LogP contribution in [0.1, 0.15) is 51.4 Å². The van der Waals surface area contributed by atoms with Crippen LogP contribution in [0.2, 0.25) is 0 Å². The third kappa shape index (κ3) is 6.69. The molecule has 1 unspecified atom stereocenters. The minimum Gasteiger partial charge on any atom is -0.310 e. The smallest absolute Gasteiger partial charge is 0.0714 e. The Labute approximate surface area is 412 Å². The molecule has 0 heterocycles. The van der Waals surface area contributed by atoms with Crippen LogP contribution in [-0.4, -0.2) is 0 Å². The van der Waals surface area contributed by atoms with E-state index < -0.39 is 10.8 Å². The fourth-order valence-corrected chi connectivity index (χ4v) is 11.8. The van der Waals surface area contributed by atoms with E-state index in [0.29, 0.717) is 0 Å². The topological polar surface area (TPSA) is 3.24 Å². The maximum absolute atomic E-state index is 4.38. The van der Waals surface area contributed by atoms with Gasteiger partial charge in [0.15, 0.2) is 0 Å². The zero-order valence-electron chi connectivity index (χ0n) is 39.2. The van der Waals surface area contributed by atoms with E-state index >= 15 is 0 Å². The highest BCUT2D eigenvalue weighted by Gasteiger charge is 2.48. The molecule has 0 saturated carbocycles. The third-order valence-electron chi connectivity index (χ3n) is 14.7. The normalized spacial score (nSPS) is 15.3. The number of allylic oxidation sites excluding steroid dienone is 5. The lowest BCUT2D eigenvalue weighted by atomic mass is 9.66. The molecule has 332 valence electrons. The molecule has 1 nitrogen and oxygen atoms in total. The average Bonchev–Trinajstić information content (AvgIpc) is 3.90. The molecule has 1 atom stereocenters. The van der Waals surface area contributed by atoms with Gasteiger partial charge >= 0.3 is 0 Å². The standard InChI is InChI=1S/C69H51N/c1-3-24-64-60(4-2)61-35-20-22-37-65(61)68(64,53-29-14-7-15-30-53)56-39-41-57(42-40-56)70(59-46-51(49-25-10-5-11-26-49)45-52(47-59)50-27-12-6-13-28-50)58-43-44-63-62-36-21-23-38-66(62)69(67(63)48-58,54-31-16-8-17-32-54)55-33-18-9-19-34-55/h3-48H,2H2,1H3/b24-3-. The summed E-state index contributed by atoms with van der Waals surface area (Å²) in [5.41, 5.74) is 21.5. The lowest BCUT2D eigenvalue weighted by molar-refractivity contribution is 0.761. The number of hydrogen-bond acceptors (Lipinski definition) is 1. The van der Waals surface area contributed by atoms with E-state index in [0.717, 1.165) is 33.8 Å². The van der Waals surface area contributed by atoms with Gasteiger partial charge in [-0.3, -0.25) is 0 Å². The van der Waals surface area contributed by atoms with Crippen molar-refractivity contribution in [3.8, 4) is 33.4 Å². The molecule has 10 aromatic rings. The Balaban J connectivity index is 1.13. The number of fused-ring (bicyclic) bond motifs is 4. The van der Waals surface area contributed by atoms with Gasteiger partial charge in [0.05, 0.1) is 10.8 Å². The van der Waals surface area contributed by atoms with Gasteiger partial charge in [-0.05, 0) is 138 Å². The predicted octanol–water partition coefficient (Wildman–Crippen LogP) is 17.7. The van der Waals surface area contributed by atoms with E-state index in [1.165, 1.54) is 72.3 Å². The summed E-state index contributed by atoms with van der Waals surface area (Å²) in [6.45, 7) is 6.49. The highest BCUT2D eigenvalue weighted by Crippen LogP contribution is 2.58. The van der Waals surface area contributed by atoms with Gasteiger partial charge in [-0.15, -0.1) is 0 Å². The summed E-state index contributed by atoms with van der Waals surface area (Å²) in [5.74, 6) is 0. The molecule has 10 aromatic carbocycles. The van der Waals surface area contributed by atoms with Crippen molar-refractivity contribution in [3.63, 3.8) is 0 Å². The molecule has 2 aliphatic carbocycles. The molecule has 70 heavy (non-hydrogen) atoms. The minimum atomic E-state index is -0.574. The van der Waals surface area contributed by atoms with Crippen molar-refractivity contribution in [3.05, 3.63) is 336 Å². The van der Waals surface area contributed by atoms with Gasteiger partial charge in [0, 0.05) is 17.1 Å². The summed E-state index contributed by atoms with van der Waals surface area (Å²) < 4.78 is 0. The Hall–Kier alpha value is -8.78. The highest BCUT2D eigenvalue weighted by atomic mass is 15.1. The van der Waals surface area contributed by atoms with Crippen LogP contribution in [0, 0.1) is 0 Å². The van der Waals surface area contributed by atoms with Gasteiger partial charge in [0.2, 0.25) is 0 Å². The number of hydrogen-bond donors (Lipinski definition) is 0. The molecule has 0 aromatic heterocycles. The van der Waals surface area contributed by atoms with Crippen LogP contribution >= 0.6 is 0 Å². The molecule has 0 spiro atoms. The molecule has 0 amide bonds. The Kier molecular flexibility index (Phi) is 10.8. The Morgan fingerprint density at radius 1 is 0.343 bits per heavy atom. The first kappa shape index (κ1) is 42.6. The van der Waals surface area contributed by atoms with Crippen molar-refractivity contribution in [1.82, 2.24) is 0 Å². The van der Waals surface area contributed by atoms with Gasteiger partial charge in [0.25, 0.3) is 0 Å². The van der Waals surface area contributed by atoms with E-state index in [4.69, 9.17) is 0 Å². The molecule has 0 fully saturated rings. The van der Waals surface area contributed by atoms with Crippen LogP contribution in [0.25, 0.3) is 39.0 Å². The maximum atomic E-state index is 4.38. The summed E-state index contributed by atoms with van der Waals surface area (Å²) in [6, 6.07) is 96.2. The Morgan fingerprint density at radius 3 is 1.30 bits per heavy atom. The van der Waals surface area contributed by atoms with Crippen molar-refractivity contribution in [1.29, 1.82) is 0 Å². The lowest BCUT2D eigenvalue weighted by Crippen LogP contribution is -2.29. The fraction of sp³-hybridized carbons (Fsp3) is 0.0435. The quantitative estimate of drug-likeness (QED) is 0.125. The summed E-state index contributed by atoms with van der Waals surface area (Å²) in [4.78, 5) is 2.47. The van der Waals surface area contributed by atoms with Gasteiger partial charge < -0.3 is 4.90 Å². The van der Waals surface area contributed by atoms with Crippen molar-refractivity contribution < 1.29 is 0 Å². The molecule has 0 radical (unpaired) electrons. The molecule has 1 heteroatoms. The van der Waals surface area contributed by atoms with Crippen LogP contribution in [0.5, 0.6) is 0 Å². The van der Waals surface area contributed by atoms with E-state index in [1.54, 1.807) is 0 Å². The number of anilines is 3. The summed E-state index contributed by atoms with van der Waals surface area (Å²) in [7, 11) is 0. The summed E-state index contributed by atoms with van der Waals surface area (Å²) in [5, 5.41) is 0. The second kappa shape index (κ2) is 17.7. The van der Waals surface area contributed by atoms with Crippen LogP contribution in [0.15, 0.2) is 291 Å². The maximum Gasteiger partial charge on any atom is 0.0714 e. The van der Waals surface area contributed by atoms with Crippen LogP contribution in [0.3, 0.4) is 0 Å². The molecular formula is C69H51N. The van der Waals surface area contributed by atoms with E-state index in [9.17, 15) is 0 Å². The zero-order chi connectivity index (χ0) is 47.1. The highest BCUT2D eigenvalue weighted by molar-refractivity contribution is 5.93. The number of nitrogens with zero attached hydrogens (tertiary/aromatic N) is 1. The number of rotatable bonds is 11. The van der Waals surface area contributed by atoms with Gasteiger partial charge in [0.1, 0.15) is 0 Å². The average molecular weight is 894 g/mol. The first-order valence-corrected chi connectivity index (χ1v) is 24.3. The second-order valence-corrected chi connectivity index (χ2v) is 18.3. The zero-order valence-corrected chi connectivity index (χ0v) is 39.2. The van der Waals surface area contributed by atoms with Gasteiger partial charge in [-0.25, -0.2) is 0 Å². The second-order valence-electron chi connectivity index (χ2n) is 18.3. The molecular weight excluding hydrogens is 843 g/mol. The van der Waals surface area contributed by atoms with Crippen molar-refractivity contribution in [2.24, 2.45) is 0 Å². The first-order chi connectivity index (χ1) is 34.6. The minimum absolute atomic E-state index is 0.558. The summed E-state index contributed by atoms with van der Waals surface area (Å²) in [6.07, 6.45) is 6.49.